The average Bonchev–Trinajstić information content (AvgIpc) is 2.74. The van der Waals surface area contributed by atoms with E-state index in [-0.39, 0.29) is 11.9 Å². The molecule has 1 saturated heterocycles. The van der Waals surface area contributed by atoms with Gasteiger partial charge in [0, 0.05) is 16.2 Å². The molecule has 0 saturated carbocycles. The van der Waals surface area contributed by atoms with Crippen LogP contribution in [0.2, 0.25) is 0 Å². The van der Waals surface area contributed by atoms with Gasteiger partial charge in [0.2, 0.25) is 0 Å². The molecule has 1 fully saturated rings. The van der Waals surface area contributed by atoms with E-state index in [0.717, 1.165) is 34.2 Å². The van der Waals surface area contributed by atoms with E-state index in [1.165, 1.54) is 0 Å². The van der Waals surface area contributed by atoms with E-state index in [4.69, 9.17) is 0 Å². The number of aryl methyl sites for hydroxylation is 1. The second-order valence-corrected chi connectivity index (χ2v) is 5.18. The zero-order valence-corrected chi connectivity index (χ0v) is 11.4. The lowest BCUT2D eigenvalue weighted by atomic mass is 10.1. The number of carbonyl (C=O) groups excluding carboxylic acids is 1. The Balaban J connectivity index is 2.11. The summed E-state index contributed by atoms with van der Waals surface area (Å²) in [5.74, 6) is 0.0433. The summed E-state index contributed by atoms with van der Waals surface area (Å²) in [7, 11) is 0. The number of carbonyl (C=O) groups is 1. The van der Waals surface area contributed by atoms with Crippen molar-refractivity contribution in [2.45, 2.75) is 19.4 Å². The first kappa shape index (κ1) is 11.9. The normalized spacial score (nSPS) is 19.8. The number of amides is 1. The Hall–Kier alpha value is -0.620. The highest BCUT2D eigenvalue weighted by molar-refractivity contribution is 14.1. The number of benzene rings is 1. The zero-order chi connectivity index (χ0) is 11.5. The van der Waals surface area contributed by atoms with E-state index < -0.39 is 0 Å². The summed E-state index contributed by atoms with van der Waals surface area (Å²) >= 11 is 2.23. The van der Waals surface area contributed by atoms with Gasteiger partial charge in [-0.1, -0.05) is 12.1 Å². The van der Waals surface area contributed by atoms with Crippen molar-refractivity contribution >= 4 is 28.5 Å². The molecule has 2 N–H and O–H groups in total. The van der Waals surface area contributed by atoms with E-state index in [1.807, 2.05) is 25.1 Å². The summed E-state index contributed by atoms with van der Waals surface area (Å²) in [6.45, 7) is 3.90. The van der Waals surface area contributed by atoms with Gasteiger partial charge < -0.3 is 10.6 Å². The number of nitrogens with one attached hydrogen (secondary N) is 2. The van der Waals surface area contributed by atoms with Crippen LogP contribution in [-0.4, -0.2) is 25.0 Å². The molecule has 86 valence electrons. The highest BCUT2D eigenvalue weighted by Crippen LogP contribution is 2.16. The fourth-order valence-corrected chi connectivity index (χ4v) is 2.47. The topological polar surface area (TPSA) is 41.1 Å². The monoisotopic (exact) mass is 330 g/mol. The van der Waals surface area contributed by atoms with Gasteiger partial charge in [-0.25, -0.2) is 0 Å². The van der Waals surface area contributed by atoms with E-state index in [0.29, 0.717) is 0 Å². The lowest BCUT2D eigenvalue weighted by Gasteiger charge is -2.13. The van der Waals surface area contributed by atoms with Gasteiger partial charge in [-0.2, -0.15) is 0 Å². The van der Waals surface area contributed by atoms with Gasteiger partial charge in [0.05, 0.1) is 5.56 Å². The number of halogens is 1. The van der Waals surface area contributed by atoms with Gasteiger partial charge >= 0.3 is 0 Å². The molecular formula is C12H15IN2O. The fourth-order valence-electron chi connectivity index (χ4n) is 1.86. The molecule has 1 amide bonds. The number of hydrogen-bond acceptors (Lipinski definition) is 2. The van der Waals surface area contributed by atoms with E-state index in [1.54, 1.807) is 0 Å². The molecule has 3 nitrogen and oxygen atoms in total. The third-order valence-electron chi connectivity index (χ3n) is 2.83. The molecule has 1 aliphatic rings. The summed E-state index contributed by atoms with van der Waals surface area (Å²) in [5, 5.41) is 6.30. The Morgan fingerprint density at radius 3 is 3.06 bits per heavy atom. The smallest absolute Gasteiger partial charge is 0.252 e. The summed E-state index contributed by atoms with van der Waals surface area (Å²) in [6.07, 6.45) is 1.02. The first-order chi connectivity index (χ1) is 7.68. The Kier molecular flexibility index (Phi) is 3.81. The van der Waals surface area contributed by atoms with Gasteiger partial charge in [0.25, 0.3) is 5.91 Å². The van der Waals surface area contributed by atoms with Crippen LogP contribution in [-0.2, 0) is 0 Å². The molecule has 1 atom stereocenters. The summed E-state index contributed by atoms with van der Waals surface area (Å²) in [4.78, 5) is 12.0. The van der Waals surface area contributed by atoms with Crippen molar-refractivity contribution in [3.63, 3.8) is 0 Å². The number of rotatable bonds is 2. The lowest BCUT2D eigenvalue weighted by Crippen LogP contribution is -2.36. The molecule has 4 heteroatoms. The first-order valence-electron chi connectivity index (χ1n) is 5.45. The van der Waals surface area contributed by atoms with Crippen LogP contribution in [0, 0.1) is 10.5 Å². The molecule has 1 heterocycles. The molecule has 0 spiro atoms. The molecule has 0 aliphatic carbocycles. The highest BCUT2D eigenvalue weighted by atomic mass is 127. The largest absolute Gasteiger partial charge is 0.348 e. The van der Waals surface area contributed by atoms with Gasteiger partial charge in [-0.05, 0) is 54.1 Å². The minimum Gasteiger partial charge on any atom is -0.348 e. The third-order valence-corrected chi connectivity index (χ3v) is 4.26. The molecule has 1 aromatic rings. The molecular weight excluding hydrogens is 315 g/mol. The van der Waals surface area contributed by atoms with Crippen molar-refractivity contribution in [1.29, 1.82) is 0 Å². The fraction of sp³-hybridized carbons (Fsp3) is 0.417. The van der Waals surface area contributed by atoms with Crippen LogP contribution in [0.15, 0.2) is 18.2 Å². The molecule has 16 heavy (non-hydrogen) atoms. The van der Waals surface area contributed by atoms with Gasteiger partial charge in [0.15, 0.2) is 0 Å². The molecule has 0 radical (unpaired) electrons. The van der Waals surface area contributed by atoms with Crippen molar-refractivity contribution in [1.82, 2.24) is 10.6 Å². The maximum atomic E-state index is 12.0. The minimum atomic E-state index is 0.0433. The predicted octanol–water partition coefficient (Wildman–Crippen LogP) is 1.69. The van der Waals surface area contributed by atoms with Crippen LogP contribution >= 0.6 is 22.6 Å². The van der Waals surface area contributed by atoms with E-state index in [2.05, 4.69) is 33.2 Å². The van der Waals surface area contributed by atoms with Gasteiger partial charge in [0.1, 0.15) is 0 Å². The van der Waals surface area contributed by atoms with Crippen molar-refractivity contribution in [3.8, 4) is 0 Å². The Morgan fingerprint density at radius 1 is 1.56 bits per heavy atom. The second-order valence-electron chi connectivity index (χ2n) is 4.10. The predicted molar refractivity (Wildman–Crippen MR) is 72.6 cm³/mol. The molecule has 0 aromatic heterocycles. The highest BCUT2D eigenvalue weighted by Gasteiger charge is 2.18. The van der Waals surface area contributed by atoms with Crippen molar-refractivity contribution < 1.29 is 4.79 Å². The molecule has 1 aliphatic heterocycles. The van der Waals surface area contributed by atoms with Crippen LogP contribution < -0.4 is 10.6 Å². The maximum Gasteiger partial charge on any atom is 0.252 e. The SMILES string of the molecule is Cc1cccc(C(=O)N[C@H]2CCNC2)c1I. The second kappa shape index (κ2) is 5.14. The summed E-state index contributed by atoms with van der Waals surface area (Å²) in [6, 6.07) is 6.12. The molecule has 0 bridgehead atoms. The van der Waals surface area contributed by atoms with Gasteiger partial charge in [-0.3, -0.25) is 4.79 Å². The first-order valence-corrected chi connectivity index (χ1v) is 6.53. The summed E-state index contributed by atoms with van der Waals surface area (Å²) in [5.41, 5.74) is 1.94. The Labute approximate surface area is 109 Å². The van der Waals surface area contributed by atoms with E-state index in [9.17, 15) is 4.79 Å². The van der Waals surface area contributed by atoms with Crippen molar-refractivity contribution in [2.24, 2.45) is 0 Å². The third kappa shape index (κ3) is 2.55. The summed E-state index contributed by atoms with van der Waals surface area (Å²) < 4.78 is 1.04. The average molecular weight is 330 g/mol. The van der Waals surface area contributed by atoms with Crippen molar-refractivity contribution in [2.75, 3.05) is 13.1 Å². The maximum absolute atomic E-state index is 12.0. The van der Waals surface area contributed by atoms with Crippen LogP contribution in [0.5, 0.6) is 0 Å². The number of hydrogen-bond donors (Lipinski definition) is 2. The molecule has 1 aromatic carbocycles. The lowest BCUT2D eigenvalue weighted by molar-refractivity contribution is 0.0939. The van der Waals surface area contributed by atoms with Crippen LogP contribution in [0.1, 0.15) is 22.3 Å². The van der Waals surface area contributed by atoms with E-state index >= 15 is 0 Å². The van der Waals surface area contributed by atoms with Crippen LogP contribution in [0.3, 0.4) is 0 Å². The standard InChI is InChI=1S/C12H15IN2O/c1-8-3-2-4-10(11(8)13)12(16)15-9-5-6-14-7-9/h2-4,9,14H,5-7H2,1H3,(H,15,16)/t9-/m0/s1. The van der Waals surface area contributed by atoms with Crippen molar-refractivity contribution in [3.05, 3.63) is 32.9 Å². The van der Waals surface area contributed by atoms with Gasteiger partial charge in [-0.15, -0.1) is 0 Å². The molecule has 2 rings (SSSR count). The Morgan fingerprint density at radius 2 is 2.38 bits per heavy atom. The Bertz CT molecular complexity index is 400. The minimum absolute atomic E-state index is 0.0433. The zero-order valence-electron chi connectivity index (χ0n) is 9.22. The quantitative estimate of drug-likeness (QED) is 0.811. The van der Waals surface area contributed by atoms with Crippen LogP contribution in [0.4, 0.5) is 0 Å². The van der Waals surface area contributed by atoms with Crippen LogP contribution in [0.25, 0.3) is 0 Å². The molecule has 0 unspecified atom stereocenters.